The smallest absolute Gasteiger partial charge is 0.208 e. The molecule has 0 saturated heterocycles. The Kier molecular flexibility index (Phi) is 4.52. The Hall–Kier alpha value is -0.390. The van der Waals surface area contributed by atoms with Crippen LogP contribution in [-0.2, 0) is 10.0 Å². The molecule has 0 heterocycles. The molecule has 1 aromatic rings. The van der Waals surface area contributed by atoms with Crippen LogP contribution in [0.2, 0.25) is 0 Å². The highest BCUT2D eigenvalue weighted by Crippen LogP contribution is 2.21. The first-order valence-corrected chi connectivity index (χ1v) is 7.39. The Morgan fingerprint density at radius 2 is 1.75 bits per heavy atom. The summed E-state index contributed by atoms with van der Waals surface area (Å²) in [4.78, 5) is 0.280. The van der Waals surface area contributed by atoms with Gasteiger partial charge in [0.15, 0.2) is 0 Å². The fraction of sp³-hybridized carbons (Fsp3) is 0.455. The molecular weight excluding hydrogens is 290 g/mol. The van der Waals surface area contributed by atoms with Gasteiger partial charge in [-0.2, -0.15) is 0 Å². The molecule has 0 amide bonds. The SMILES string of the molecule is CC(C)[C@H](C)NS(=O)(=O)c1ccccc1Br. The second kappa shape index (κ2) is 5.29. The van der Waals surface area contributed by atoms with Crippen LogP contribution in [0, 0.1) is 5.92 Å². The molecule has 1 aromatic carbocycles. The fourth-order valence-corrected chi connectivity index (χ4v) is 3.50. The number of hydrogen-bond donors (Lipinski definition) is 1. The van der Waals surface area contributed by atoms with Gasteiger partial charge in [-0.1, -0.05) is 26.0 Å². The van der Waals surface area contributed by atoms with Crippen molar-refractivity contribution in [1.82, 2.24) is 4.72 Å². The molecule has 0 saturated carbocycles. The zero-order valence-electron chi connectivity index (χ0n) is 9.57. The zero-order valence-corrected chi connectivity index (χ0v) is 12.0. The summed E-state index contributed by atoms with van der Waals surface area (Å²) in [5, 5.41) is 0. The van der Waals surface area contributed by atoms with Gasteiger partial charge in [-0.15, -0.1) is 0 Å². The van der Waals surface area contributed by atoms with E-state index in [1.54, 1.807) is 24.3 Å². The predicted molar refractivity (Wildman–Crippen MR) is 68.8 cm³/mol. The lowest BCUT2D eigenvalue weighted by atomic mass is 10.1. The van der Waals surface area contributed by atoms with Crippen molar-refractivity contribution in [3.8, 4) is 0 Å². The molecule has 0 aliphatic heterocycles. The van der Waals surface area contributed by atoms with E-state index in [2.05, 4.69) is 20.7 Å². The highest BCUT2D eigenvalue weighted by Gasteiger charge is 2.20. The van der Waals surface area contributed by atoms with Crippen molar-refractivity contribution in [2.24, 2.45) is 5.92 Å². The van der Waals surface area contributed by atoms with Crippen molar-refractivity contribution >= 4 is 26.0 Å². The summed E-state index contributed by atoms with van der Waals surface area (Å²) in [5.41, 5.74) is 0. The Bertz CT molecular complexity index is 457. The summed E-state index contributed by atoms with van der Waals surface area (Å²) >= 11 is 3.24. The van der Waals surface area contributed by atoms with Crippen LogP contribution < -0.4 is 4.72 Å². The highest BCUT2D eigenvalue weighted by atomic mass is 79.9. The fourth-order valence-electron chi connectivity index (χ4n) is 1.11. The molecule has 0 fully saturated rings. The quantitative estimate of drug-likeness (QED) is 0.930. The summed E-state index contributed by atoms with van der Waals surface area (Å²) < 4.78 is 27.3. The van der Waals surface area contributed by atoms with Crippen LogP contribution >= 0.6 is 15.9 Å². The number of benzene rings is 1. The Labute approximate surface area is 105 Å². The summed E-state index contributed by atoms with van der Waals surface area (Å²) in [6.45, 7) is 5.82. The van der Waals surface area contributed by atoms with Crippen molar-refractivity contribution in [2.45, 2.75) is 31.7 Å². The van der Waals surface area contributed by atoms with Gasteiger partial charge in [0.1, 0.15) is 0 Å². The molecule has 16 heavy (non-hydrogen) atoms. The molecule has 0 radical (unpaired) electrons. The molecule has 1 atom stereocenters. The van der Waals surface area contributed by atoms with Crippen molar-refractivity contribution < 1.29 is 8.42 Å². The van der Waals surface area contributed by atoms with Crippen LogP contribution in [0.15, 0.2) is 33.6 Å². The number of nitrogens with one attached hydrogen (secondary N) is 1. The minimum atomic E-state index is -3.43. The van der Waals surface area contributed by atoms with E-state index in [0.717, 1.165) is 0 Å². The second-order valence-corrected chi connectivity index (χ2v) is 6.62. The van der Waals surface area contributed by atoms with Crippen molar-refractivity contribution in [2.75, 3.05) is 0 Å². The average molecular weight is 306 g/mol. The van der Waals surface area contributed by atoms with E-state index in [1.807, 2.05) is 20.8 Å². The van der Waals surface area contributed by atoms with Crippen molar-refractivity contribution in [1.29, 1.82) is 0 Å². The van der Waals surface area contributed by atoms with Gasteiger partial charge in [0.05, 0.1) is 4.90 Å². The van der Waals surface area contributed by atoms with E-state index < -0.39 is 10.0 Å². The van der Waals surface area contributed by atoms with Crippen LogP contribution in [-0.4, -0.2) is 14.5 Å². The zero-order chi connectivity index (χ0) is 12.3. The standard InChI is InChI=1S/C11H16BrNO2S/c1-8(2)9(3)13-16(14,15)11-7-5-4-6-10(11)12/h4-9,13H,1-3H3/t9-/m0/s1. The first kappa shape index (κ1) is 13.7. The predicted octanol–water partition coefficient (Wildman–Crippen LogP) is 2.77. The van der Waals surface area contributed by atoms with Crippen LogP contribution in [0.3, 0.4) is 0 Å². The van der Waals surface area contributed by atoms with Crippen LogP contribution in [0.5, 0.6) is 0 Å². The third kappa shape index (κ3) is 3.30. The van der Waals surface area contributed by atoms with Gasteiger partial charge < -0.3 is 0 Å². The highest BCUT2D eigenvalue weighted by molar-refractivity contribution is 9.10. The maximum Gasteiger partial charge on any atom is 0.241 e. The molecule has 90 valence electrons. The lowest BCUT2D eigenvalue weighted by Crippen LogP contribution is -2.36. The molecule has 0 aromatic heterocycles. The van der Waals surface area contributed by atoms with Gasteiger partial charge >= 0.3 is 0 Å². The maximum atomic E-state index is 12.0. The molecule has 5 heteroatoms. The molecule has 0 aliphatic rings. The van der Waals surface area contributed by atoms with E-state index >= 15 is 0 Å². The first-order chi connectivity index (χ1) is 7.34. The third-order valence-corrected chi connectivity index (χ3v) is 5.04. The van der Waals surface area contributed by atoms with E-state index in [9.17, 15) is 8.42 Å². The van der Waals surface area contributed by atoms with Gasteiger partial charge in [-0.25, -0.2) is 13.1 Å². The van der Waals surface area contributed by atoms with E-state index in [1.165, 1.54) is 0 Å². The van der Waals surface area contributed by atoms with Crippen LogP contribution in [0.1, 0.15) is 20.8 Å². The third-order valence-electron chi connectivity index (χ3n) is 2.47. The molecule has 0 spiro atoms. The molecule has 0 aliphatic carbocycles. The van der Waals surface area contributed by atoms with Gasteiger partial charge in [0.25, 0.3) is 0 Å². The molecule has 1 rings (SSSR count). The Morgan fingerprint density at radius 3 is 2.25 bits per heavy atom. The molecule has 3 nitrogen and oxygen atoms in total. The number of hydrogen-bond acceptors (Lipinski definition) is 2. The summed E-state index contributed by atoms with van der Waals surface area (Å²) in [6, 6.07) is 6.71. The number of halogens is 1. The molecule has 0 bridgehead atoms. The van der Waals surface area contributed by atoms with E-state index in [-0.39, 0.29) is 16.9 Å². The average Bonchev–Trinajstić information content (AvgIpc) is 2.17. The molecule has 0 unspecified atom stereocenters. The summed E-state index contributed by atoms with van der Waals surface area (Å²) in [5.74, 6) is 0.261. The first-order valence-electron chi connectivity index (χ1n) is 5.11. The Morgan fingerprint density at radius 1 is 1.19 bits per heavy atom. The molecular formula is C11H16BrNO2S. The van der Waals surface area contributed by atoms with E-state index in [0.29, 0.717) is 4.47 Å². The topological polar surface area (TPSA) is 46.2 Å². The normalized spacial score (nSPS) is 14.1. The molecule has 1 N–H and O–H groups in total. The van der Waals surface area contributed by atoms with Crippen molar-refractivity contribution in [3.05, 3.63) is 28.7 Å². The largest absolute Gasteiger partial charge is 0.241 e. The Balaban J connectivity index is 3.00. The maximum absolute atomic E-state index is 12.0. The minimum absolute atomic E-state index is 0.0860. The van der Waals surface area contributed by atoms with Crippen molar-refractivity contribution in [3.63, 3.8) is 0 Å². The summed E-state index contributed by atoms with van der Waals surface area (Å²) in [7, 11) is -3.43. The summed E-state index contributed by atoms with van der Waals surface area (Å²) in [6.07, 6.45) is 0. The number of rotatable bonds is 4. The lowest BCUT2D eigenvalue weighted by Gasteiger charge is -2.17. The minimum Gasteiger partial charge on any atom is -0.208 e. The van der Waals surface area contributed by atoms with Crippen LogP contribution in [0.25, 0.3) is 0 Å². The van der Waals surface area contributed by atoms with E-state index in [4.69, 9.17) is 0 Å². The van der Waals surface area contributed by atoms with Gasteiger partial charge in [0, 0.05) is 10.5 Å². The second-order valence-electron chi connectivity index (χ2n) is 4.08. The lowest BCUT2D eigenvalue weighted by molar-refractivity contribution is 0.476. The van der Waals surface area contributed by atoms with Gasteiger partial charge in [0.2, 0.25) is 10.0 Å². The van der Waals surface area contributed by atoms with Gasteiger partial charge in [-0.05, 0) is 40.9 Å². The van der Waals surface area contributed by atoms with Gasteiger partial charge in [-0.3, -0.25) is 0 Å². The number of sulfonamides is 1. The monoisotopic (exact) mass is 305 g/mol. The van der Waals surface area contributed by atoms with Crippen LogP contribution in [0.4, 0.5) is 0 Å².